The summed E-state index contributed by atoms with van der Waals surface area (Å²) in [4.78, 5) is 12.3. The van der Waals surface area contributed by atoms with Crippen LogP contribution in [0.15, 0.2) is 0 Å². The van der Waals surface area contributed by atoms with Gasteiger partial charge in [0.15, 0.2) is 0 Å². The molecule has 0 saturated heterocycles. The lowest BCUT2D eigenvalue weighted by Crippen LogP contribution is -2.55. The maximum absolute atomic E-state index is 12.3. The first-order valence-electron chi connectivity index (χ1n) is 7.72. The monoisotopic (exact) mass is 252 g/mol. The van der Waals surface area contributed by atoms with Gasteiger partial charge in [0.1, 0.15) is 0 Å². The average molecular weight is 252 g/mol. The second-order valence-corrected chi connectivity index (χ2v) is 6.38. The fourth-order valence-corrected chi connectivity index (χ4v) is 3.51. The molecule has 2 aliphatic rings. The Labute approximate surface area is 111 Å². The van der Waals surface area contributed by atoms with E-state index in [1.54, 1.807) is 0 Å². The van der Waals surface area contributed by atoms with E-state index in [0.717, 1.165) is 25.7 Å². The number of carbonyl (C=O) groups excluding carboxylic acids is 1. The third-order valence-electron chi connectivity index (χ3n) is 4.91. The minimum absolute atomic E-state index is 0.0942. The fraction of sp³-hybridized carbons (Fsp3) is 0.933. The van der Waals surface area contributed by atoms with E-state index < -0.39 is 5.54 Å². The first kappa shape index (κ1) is 13.9. The number of hydrogen-bond acceptors (Lipinski definition) is 2. The van der Waals surface area contributed by atoms with Gasteiger partial charge >= 0.3 is 0 Å². The van der Waals surface area contributed by atoms with Gasteiger partial charge in [0.2, 0.25) is 5.91 Å². The Bertz CT molecular complexity index is 276. The Balaban J connectivity index is 1.85. The molecule has 0 aromatic rings. The van der Waals surface area contributed by atoms with Crippen LogP contribution >= 0.6 is 0 Å². The van der Waals surface area contributed by atoms with Crippen LogP contribution in [0.4, 0.5) is 0 Å². The van der Waals surface area contributed by atoms with Gasteiger partial charge in [0.05, 0.1) is 5.54 Å². The molecule has 2 fully saturated rings. The van der Waals surface area contributed by atoms with Crippen molar-refractivity contribution >= 4 is 5.91 Å². The lowest BCUT2D eigenvalue weighted by Gasteiger charge is -2.29. The van der Waals surface area contributed by atoms with Gasteiger partial charge in [0.25, 0.3) is 0 Å². The van der Waals surface area contributed by atoms with Crippen molar-refractivity contribution in [2.45, 2.75) is 82.7 Å². The largest absolute Gasteiger partial charge is 0.352 e. The zero-order chi connectivity index (χ0) is 13.0. The van der Waals surface area contributed by atoms with Crippen molar-refractivity contribution in [1.29, 1.82) is 0 Å². The summed E-state index contributed by atoms with van der Waals surface area (Å²) in [6, 6.07) is 0.289. The number of carbonyl (C=O) groups is 1. The topological polar surface area (TPSA) is 55.1 Å². The Morgan fingerprint density at radius 2 is 1.67 bits per heavy atom. The predicted molar refractivity (Wildman–Crippen MR) is 74.2 cm³/mol. The second kappa shape index (κ2) is 6.05. The molecule has 2 saturated carbocycles. The molecule has 3 N–H and O–H groups in total. The van der Waals surface area contributed by atoms with E-state index in [2.05, 4.69) is 12.2 Å². The van der Waals surface area contributed by atoms with Crippen LogP contribution in [-0.2, 0) is 4.79 Å². The van der Waals surface area contributed by atoms with Gasteiger partial charge in [-0.25, -0.2) is 0 Å². The molecule has 0 aromatic heterocycles. The fourth-order valence-electron chi connectivity index (χ4n) is 3.51. The Morgan fingerprint density at radius 1 is 1.11 bits per heavy atom. The highest BCUT2D eigenvalue weighted by atomic mass is 16.2. The van der Waals surface area contributed by atoms with Crippen molar-refractivity contribution < 1.29 is 4.79 Å². The van der Waals surface area contributed by atoms with Crippen LogP contribution in [0, 0.1) is 5.92 Å². The summed E-state index contributed by atoms with van der Waals surface area (Å²) in [5.74, 6) is 0.748. The van der Waals surface area contributed by atoms with Gasteiger partial charge in [0, 0.05) is 6.04 Å². The maximum atomic E-state index is 12.3. The molecule has 2 rings (SSSR count). The summed E-state index contributed by atoms with van der Waals surface area (Å²) < 4.78 is 0. The van der Waals surface area contributed by atoms with E-state index in [0.29, 0.717) is 5.92 Å². The minimum Gasteiger partial charge on any atom is -0.352 e. The zero-order valence-electron chi connectivity index (χ0n) is 11.7. The number of hydrogen-bond donors (Lipinski definition) is 2. The van der Waals surface area contributed by atoms with Crippen molar-refractivity contribution in [1.82, 2.24) is 5.32 Å². The predicted octanol–water partition coefficient (Wildman–Crippen LogP) is 2.73. The highest BCUT2D eigenvalue weighted by Gasteiger charge is 2.38. The molecule has 104 valence electrons. The molecule has 1 amide bonds. The van der Waals surface area contributed by atoms with E-state index in [1.807, 2.05) is 0 Å². The molecular formula is C15H28N2O. The van der Waals surface area contributed by atoms with E-state index in [1.165, 1.54) is 38.5 Å². The summed E-state index contributed by atoms with van der Waals surface area (Å²) in [6.45, 7) is 2.16. The Kier molecular flexibility index (Phi) is 4.66. The van der Waals surface area contributed by atoms with E-state index >= 15 is 0 Å². The first-order valence-corrected chi connectivity index (χ1v) is 7.72. The van der Waals surface area contributed by atoms with Gasteiger partial charge < -0.3 is 11.1 Å². The van der Waals surface area contributed by atoms with Crippen molar-refractivity contribution in [3.05, 3.63) is 0 Å². The molecule has 18 heavy (non-hydrogen) atoms. The van der Waals surface area contributed by atoms with Crippen LogP contribution in [0.1, 0.15) is 71.1 Å². The van der Waals surface area contributed by atoms with E-state index in [9.17, 15) is 4.79 Å². The molecular weight excluding hydrogens is 224 g/mol. The molecule has 0 bridgehead atoms. The van der Waals surface area contributed by atoms with E-state index in [-0.39, 0.29) is 11.9 Å². The molecule has 0 spiro atoms. The van der Waals surface area contributed by atoms with Crippen molar-refractivity contribution in [2.24, 2.45) is 11.7 Å². The molecule has 0 aromatic carbocycles. The smallest absolute Gasteiger partial charge is 0.240 e. The standard InChI is InChI=1S/C15H28N2O/c1-12(13-8-4-2-3-5-9-13)17-14(18)15(16)10-6-7-11-15/h12-13H,2-11,16H2,1H3,(H,17,18)/t12-/m0/s1. The molecule has 3 nitrogen and oxygen atoms in total. The van der Waals surface area contributed by atoms with E-state index in [4.69, 9.17) is 5.73 Å². The summed E-state index contributed by atoms with van der Waals surface area (Å²) in [7, 11) is 0. The summed E-state index contributed by atoms with van der Waals surface area (Å²) >= 11 is 0. The third kappa shape index (κ3) is 3.25. The Hall–Kier alpha value is -0.570. The van der Waals surface area contributed by atoms with Crippen LogP contribution in [0.2, 0.25) is 0 Å². The normalized spacial score (nSPS) is 26.6. The van der Waals surface area contributed by atoms with Gasteiger partial charge in [-0.2, -0.15) is 0 Å². The van der Waals surface area contributed by atoms with Gasteiger partial charge in [-0.15, -0.1) is 0 Å². The quantitative estimate of drug-likeness (QED) is 0.759. The van der Waals surface area contributed by atoms with Gasteiger partial charge in [-0.05, 0) is 38.5 Å². The summed E-state index contributed by atoms with van der Waals surface area (Å²) in [5.41, 5.74) is 5.63. The number of rotatable bonds is 3. The molecule has 0 unspecified atom stereocenters. The van der Waals surface area contributed by atoms with Crippen LogP contribution in [0.3, 0.4) is 0 Å². The zero-order valence-corrected chi connectivity index (χ0v) is 11.7. The summed E-state index contributed by atoms with van der Waals surface area (Å²) in [5, 5.41) is 3.20. The highest BCUT2D eigenvalue weighted by molar-refractivity contribution is 5.86. The van der Waals surface area contributed by atoms with Crippen molar-refractivity contribution in [3.63, 3.8) is 0 Å². The average Bonchev–Trinajstić information content (AvgIpc) is 2.65. The van der Waals surface area contributed by atoms with Crippen LogP contribution in [0.25, 0.3) is 0 Å². The number of nitrogens with two attached hydrogens (primary N) is 1. The number of amides is 1. The molecule has 0 radical (unpaired) electrons. The van der Waals surface area contributed by atoms with Gasteiger partial charge in [-0.1, -0.05) is 38.5 Å². The molecule has 1 atom stereocenters. The van der Waals surface area contributed by atoms with Gasteiger partial charge in [-0.3, -0.25) is 4.79 Å². The SMILES string of the molecule is C[C@H](NC(=O)C1(N)CCCC1)C1CCCCCC1. The third-order valence-corrected chi connectivity index (χ3v) is 4.91. The highest BCUT2D eigenvalue weighted by Crippen LogP contribution is 2.29. The summed E-state index contributed by atoms with van der Waals surface area (Å²) in [6.07, 6.45) is 11.8. The van der Waals surface area contributed by atoms with Crippen LogP contribution in [-0.4, -0.2) is 17.5 Å². The second-order valence-electron chi connectivity index (χ2n) is 6.38. The molecule has 3 heteroatoms. The lowest BCUT2D eigenvalue weighted by molar-refractivity contribution is -0.127. The molecule has 0 heterocycles. The maximum Gasteiger partial charge on any atom is 0.240 e. The number of nitrogens with one attached hydrogen (secondary N) is 1. The Morgan fingerprint density at radius 3 is 2.22 bits per heavy atom. The molecule has 2 aliphatic carbocycles. The van der Waals surface area contributed by atoms with Crippen molar-refractivity contribution in [3.8, 4) is 0 Å². The van der Waals surface area contributed by atoms with Crippen molar-refractivity contribution in [2.75, 3.05) is 0 Å². The minimum atomic E-state index is -0.570. The van der Waals surface area contributed by atoms with Crippen LogP contribution < -0.4 is 11.1 Å². The molecule has 0 aliphatic heterocycles. The first-order chi connectivity index (χ1) is 8.62. The van der Waals surface area contributed by atoms with Crippen LogP contribution in [0.5, 0.6) is 0 Å². The lowest BCUT2D eigenvalue weighted by atomic mass is 9.91.